The Balaban J connectivity index is 1.56. The first-order valence-corrected chi connectivity index (χ1v) is 12.4. The molecule has 0 radical (unpaired) electrons. The van der Waals surface area contributed by atoms with Crippen LogP contribution in [0.5, 0.6) is 0 Å². The van der Waals surface area contributed by atoms with Crippen LogP contribution >= 0.6 is 11.3 Å². The molecule has 2 aliphatic heterocycles. The zero-order chi connectivity index (χ0) is 19.1. The van der Waals surface area contributed by atoms with Gasteiger partial charge in [0.15, 0.2) is 0 Å². The van der Waals surface area contributed by atoms with Crippen molar-refractivity contribution >= 4 is 31.4 Å². The Bertz CT molecular complexity index is 996. The van der Waals surface area contributed by atoms with Gasteiger partial charge in [-0.3, -0.25) is 0 Å². The number of piperidine rings is 1. The van der Waals surface area contributed by atoms with Gasteiger partial charge in [0.1, 0.15) is 9.93 Å². The molecule has 2 fully saturated rings. The minimum atomic E-state index is -3.65. The number of hydrogen-bond donors (Lipinski definition) is 0. The third-order valence-electron chi connectivity index (χ3n) is 5.04. The summed E-state index contributed by atoms with van der Waals surface area (Å²) in [5.41, 5.74) is -0.967. The lowest BCUT2D eigenvalue weighted by atomic mass is 10.0. The maximum Gasteiger partial charge on any atom is 0.255 e. The first kappa shape index (κ1) is 19.0. The van der Waals surface area contributed by atoms with Crippen molar-refractivity contribution in [2.75, 3.05) is 26.2 Å². The van der Waals surface area contributed by atoms with E-state index in [4.69, 9.17) is 4.74 Å². The van der Waals surface area contributed by atoms with Crippen LogP contribution in [0.15, 0.2) is 56.9 Å². The van der Waals surface area contributed by atoms with Crippen molar-refractivity contribution in [1.82, 2.24) is 8.61 Å². The molecular formula is C17H20N2O5S3. The van der Waals surface area contributed by atoms with Crippen molar-refractivity contribution in [3.8, 4) is 0 Å². The molecule has 0 N–H and O–H groups in total. The van der Waals surface area contributed by atoms with Crippen LogP contribution in [-0.4, -0.2) is 57.4 Å². The molecule has 0 aliphatic carbocycles. The lowest BCUT2D eigenvalue weighted by Crippen LogP contribution is -2.55. The topological polar surface area (TPSA) is 84.0 Å². The Labute approximate surface area is 163 Å². The molecule has 7 nitrogen and oxygen atoms in total. The highest BCUT2D eigenvalue weighted by molar-refractivity contribution is 7.91. The number of nitrogens with zero attached hydrogens (tertiary/aromatic N) is 2. The zero-order valence-corrected chi connectivity index (χ0v) is 17.0. The van der Waals surface area contributed by atoms with Gasteiger partial charge in [0, 0.05) is 32.5 Å². The monoisotopic (exact) mass is 428 g/mol. The summed E-state index contributed by atoms with van der Waals surface area (Å²) in [6.07, 6.45) is 0.618. The summed E-state index contributed by atoms with van der Waals surface area (Å²) in [7, 11) is -7.24. The van der Waals surface area contributed by atoms with Gasteiger partial charge in [-0.15, -0.1) is 11.3 Å². The molecule has 0 atom stereocenters. The van der Waals surface area contributed by atoms with Crippen LogP contribution in [0.25, 0.3) is 0 Å². The summed E-state index contributed by atoms with van der Waals surface area (Å²) >= 11 is 1.17. The maximum absolute atomic E-state index is 13.0. The third-order valence-corrected chi connectivity index (χ3v) is 10.3. The van der Waals surface area contributed by atoms with Crippen molar-refractivity contribution in [3.63, 3.8) is 0 Å². The minimum Gasteiger partial charge on any atom is -0.358 e. The molecule has 10 heteroatoms. The number of benzene rings is 1. The van der Waals surface area contributed by atoms with Gasteiger partial charge in [0.05, 0.1) is 11.5 Å². The third kappa shape index (κ3) is 3.24. The fourth-order valence-corrected chi connectivity index (χ4v) is 7.95. The van der Waals surface area contributed by atoms with E-state index in [0.717, 1.165) is 0 Å². The maximum atomic E-state index is 13.0. The largest absolute Gasteiger partial charge is 0.358 e. The highest BCUT2D eigenvalue weighted by Crippen LogP contribution is 2.40. The molecule has 2 saturated heterocycles. The Kier molecular flexibility index (Phi) is 4.90. The average molecular weight is 429 g/mol. The van der Waals surface area contributed by atoms with E-state index in [9.17, 15) is 16.8 Å². The second kappa shape index (κ2) is 6.94. The highest BCUT2D eigenvalue weighted by atomic mass is 32.2. The summed E-state index contributed by atoms with van der Waals surface area (Å²) in [6, 6.07) is 11.6. The molecule has 0 unspecified atom stereocenters. The van der Waals surface area contributed by atoms with Crippen molar-refractivity contribution < 1.29 is 21.6 Å². The summed E-state index contributed by atoms with van der Waals surface area (Å²) in [6.45, 7) is 1.03. The van der Waals surface area contributed by atoms with Gasteiger partial charge in [0.25, 0.3) is 10.0 Å². The predicted molar refractivity (Wildman–Crippen MR) is 101 cm³/mol. The molecule has 27 heavy (non-hydrogen) atoms. The lowest BCUT2D eigenvalue weighted by Gasteiger charge is -2.42. The van der Waals surface area contributed by atoms with Crippen LogP contribution in [0.1, 0.15) is 12.8 Å². The van der Waals surface area contributed by atoms with Crippen LogP contribution in [0.3, 0.4) is 0 Å². The van der Waals surface area contributed by atoms with Crippen molar-refractivity contribution in [3.05, 3.63) is 47.8 Å². The normalized spacial score (nSPS) is 21.6. The molecular weight excluding hydrogens is 408 g/mol. The van der Waals surface area contributed by atoms with E-state index in [1.165, 1.54) is 19.9 Å². The van der Waals surface area contributed by atoms with Crippen LogP contribution in [0.4, 0.5) is 0 Å². The van der Waals surface area contributed by atoms with E-state index < -0.39 is 25.8 Å². The fourth-order valence-electron chi connectivity index (χ4n) is 3.66. The molecule has 3 heterocycles. The van der Waals surface area contributed by atoms with E-state index in [0.29, 0.717) is 19.4 Å². The van der Waals surface area contributed by atoms with Gasteiger partial charge < -0.3 is 4.74 Å². The zero-order valence-electron chi connectivity index (χ0n) is 14.5. The molecule has 4 rings (SSSR count). The first-order chi connectivity index (χ1) is 12.9. The Morgan fingerprint density at radius 2 is 1.59 bits per heavy atom. The molecule has 2 aliphatic rings. The van der Waals surface area contributed by atoms with Crippen molar-refractivity contribution in [1.29, 1.82) is 0 Å². The number of sulfonamides is 2. The fraction of sp³-hybridized carbons (Fsp3) is 0.412. The number of hydrogen-bond acceptors (Lipinski definition) is 6. The highest BCUT2D eigenvalue weighted by Gasteiger charge is 2.51. The van der Waals surface area contributed by atoms with Crippen LogP contribution in [0, 0.1) is 0 Å². The molecule has 0 saturated carbocycles. The summed E-state index contributed by atoms with van der Waals surface area (Å²) < 4.78 is 60.6. The summed E-state index contributed by atoms with van der Waals surface area (Å²) in [5.74, 6) is 0. The minimum absolute atomic E-state index is 0.216. The van der Waals surface area contributed by atoms with Crippen LogP contribution in [-0.2, 0) is 24.8 Å². The van der Waals surface area contributed by atoms with E-state index in [1.807, 2.05) is 0 Å². The molecule has 1 aromatic heterocycles. The predicted octanol–water partition coefficient (Wildman–Crippen LogP) is 1.95. The van der Waals surface area contributed by atoms with E-state index in [1.54, 1.807) is 47.8 Å². The first-order valence-electron chi connectivity index (χ1n) is 8.62. The van der Waals surface area contributed by atoms with Gasteiger partial charge >= 0.3 is 0 Å². The van der Waals surface area contributed by atoms with Crippen LogP contribution < -0.4 is 0 Å². The molecule has 1 aromatic carbocycles. The second-order valence-electron chi connectivity index (χ2n) is 6.52. The molecule has 2 aromatic rings. The quantitative estimate of drug-likeness (QED) is 0.743. The number of rotatable bonds is 4. The number of ether oxygens (including phenoxy) is 1. The van der Waals surface area contributed by atoms with Gasteiger partial charge in [0.2, 0.25) is 10.0 Å². The SMILES string of the molecule is O=S(=O)(c1ccccc1)N1CCC2(CC1)OCCN2S(=O)(=O)c1cccs1. The number of thiophene rings is 1. The van der Waals surface area contributed by atoms with Gasteiger partial charge in [-0.1, -0.05) is 24.3 Å². The lowest BCUT2D eigenvalue weighted by molar-refractivity contribution is -0.0806. The van der Waals surface area contributed by atoms with E-state index >= 15 is 0 Å². The van der Waals surface area contributed by atoms with Gasteiger partial charge in [-0.2, -0.15) is 8.61 Å². The Morgan fingerprint density at radius 3 is 2.22 bits per heavy atom. The standard InChI is InChI=1S/C17H20N2O5S3/c20-26(21,15-5-2-1-3-6-15)18-10-8-17(9-11-18)19(12-13-24-17)27(22,23)16-7-4-14-25-16/h1-7,14H,8-13H2. The summed E-state index contributed by atoms with van der Waals surface area (Å²) in [4.78, 5) is 0.247. The van der Waals surface area contributed by atoms with E-state index in [2.05, 4.69) is 0 Å². The second-order valence-corrected chi connectivity index (χ2v) is 11.5. The van der Waals surface area contributed by atoms with E-state index in [-0.39, 0.29) is 28.7 Å². The Morgan fingerprint density at radius 1 is 0.889 bits per heavy atom. The van der Waals surface area contributed by atoms with Gasteiger partial charge in [-0.05, 0) is 23.6 Å². The molecule has 0 amide bonds. The van der Waals surface area contributed by atoms with Crippen LogP contribution in [0.2, 0.25) is 0 Å². The van der Waals surface area contributed by atoms with Crippen molar-refractivity contribution in [2.45, 2.75) is 27.7 Å². The van der Waals surface area contributed by atoms with Gasteiger partial charge in [-0.25, -0.2) is 16.8 Å². The summed E-state index contributed by atoms with van der Waals surface area (Å²) in [5, 5.41) is 1.73. The smallest absolute Gasteiger partial charge is 0.255 e. The molecule has 0 bridgehead atoms. The molecule has 1 spiro atoms. The van der Waals surface area contributed by atoms with Crippen molar-refractivity contribution in [2.24, 2.45) is 0 Å². The average Bonchev–Trinajstić information content (AvgIpc) is 3.34. The molecule has 146 valence electrons. The Hall–Kier alpha value is -1.30.